The van der Waals surface area contributed by atoms with E-state index in [4.69, 9.17) is 82.7 Å². The summed E-state index contributed by atoms with van der Waals surface area (Å²) in [6.07, 6.45) is -73.5. The van der Waals surface area contributed by atoms with E-state index in [9.17, 15) is 78.8 Å². The number of aryl methyl sites for hydroxylation is 4. The molecular formula is C96H124F4N24O16S4. The van der Waals surface area contributed by atoms with Crippen LogP contribution in [-0.4, -0.2) is 334 Å². The van der Waals surface area contributed by atoms with E-state index in [2.05, 4.69) is 107 Å². The summed E-state index contributed by atoms with van der Waals surface area (Å²) < 4.78 is 501. The molecule has 40 nitrogen and oxygen atoms in total. The van der Waals surface area contributed by atoms with E-state index in [-0.39, 0.29) is 85.1 Å². The lowest BCUT2D eigenvalue weighted by Crippen LogP contribution is -2.33. The zero-order chi connectivity index (χ0) is 147. The fourth-order valence-electron chi connectivity index (χ4n) is 13.4. The van der Waals surface area contributed by atoms with Crippen molar-refractivity contribution in [3.8, 4) is 0 Å². The number of aliphatic hydroxyl groups excluding tert-OH is 2. The molecule has 776 valence electrons. The standard InChI is InChI=1S/4C24H31FN6O4S/c4*1-3-8-36-24-27-22(26-16-10-14(16)13-5-4-12(2)15(25)9-13)19-23(28-24)31(30-29-19)17-11-18(35-7-6-32)21(34)20(17)33/h4*4-5,9,14,16-18,20-21,32-34H,3,6-8,10-11H2,1-2H3,(H,26,27,28)/t4*14-,16+,17+,18-,20-,21+/m0000/s1/i6D2,7D2,10D2,11D2,14D,16D,17D,18D,20D,21D;8D2,10D2,11D2,14D,16D,17D,18D,20D,21D;7D2,10D2,11D2,14D,16D,17D,18D,20D,21D;6D2,10D2,11D2,14D,16D,17D,18D,20D,21D. The Morgan fingerprint density at radius 3 is 0.889 bits per heavy atom. The normalized spacial score (nSPS) is 48.2. The largest absolute Gasteiger partial charge is 0.394 e. The van der Waals surface area contributed by atoms with Crippen LogP contribution in [0.2, 0.25) is 0 Å². The molecule has 48 heteroatoms. The van der Waals surface area contributed by atoms with Crippen molar-refractivity contribution in [1.29, 1.82) is 0 Å². The first kappa shape index (κ1) is 59.6. The van der Waals surface area contributed by atoms with Crippen molar-refractivity contribution in [1.82, 2.24) is 99.8 Å². The molecule has 8 fully saturated rings. The van der Waals surface area contributed by atoms with E-state index < -0.39 is 350 Å². The maximum absolute atomic E-state index is 14.5. The topological polar surface area (TPSA) is 554 Å². The number of fused-ring (bicyclic) bond motifs is 4. The second-order valence-electron chi connectivity index (χ2n) is 30.9. The van der Waals surface area contributed by atoms with Gasteiger partial charge < -0.3 is 101 Å². The average molecular weight is 2120 g/mol. The molecule has 8 heterocycles. The molecule has 0 saturated heterocycles. The van der Waals surface area contributed by atoms with Crippen LogP contribution in [0.25, 0.3) is 44.7 Å². The molecule has 0 radical (unpaired) electrons. The van der Waals surface area contributed by atoms with Crippen LogP contribution in [0.4, 0.5) is 40.8 Å². The van der Waals surface area contributed by atoms with Crippen LogP contribution < -0.4 is 21.3 Å². The van der Waals surface area contributed by atoms with Gasteiger partial charge in [-0.2, -0.15) is 0 Å². The number of nitrogens with zero attached hydrogens (tertiary/aromatic N) is 20. The third kappa shape index (κ3) is 23.8. The van der Waals surface area contributed by atoms with E-state index in [1.54, 1.807) is 6.92 Å². The van der Waals surface area contributed by atoms with Gasteiger partial charge in [0, 0.05) is 126 Å². The summed E-state index contributed by atoms with van der Waals surface area (Å²) in [6.45, 7) is -6.63. The number of thioether (sulfide) groups is 4. The van der Waals surface area contributed by atoms with Crippen LogP contribution >= 0.6 is 47.0 Å². The summed E-state index contributed by atoms with van der Waals surface area (Å²) in [5.41, 5.74) is -7.04. The van der Waals surface area contributed by atoms with Gasteiger partial charge in [0.1, 0.15) is 71.9 Å². The van der Waals surface area contributed by atoms with Gasteiger partial charge in [0.05, 0.1) is 139 Å². The van der Waals surface area contributed by atoms with Crippen LogP contribution in [0.3, 0.4) is 0 Å². The molecule has 8 aliphatic carbocycles. The van der Waals surface area contributed by atoms with E-state index >= 15 is 0 Å². The molecule has 12 aromatic rings. The van der Waals surface area contributed by atoms with E-state index in [0.29, 0.717) is 48.3 Å². The average Bonchev–Trinajstić information content (AvgIpc) is 1.47. The summed E-state index contributed by atoms with van der Waals surface area (Å²) in [5.74, 6) is -13.7. The maximum Gasteiger partial charge on any atom is 0.191 e. The lowest BCUT2D eigenvalue weighted by molar-refractivity contribution is -0.0629. The Labute approximate surface area is 913 Å². The van der Waals surface area contributed by atoms with Gasteiger partial charge in [-0.1, -0.05) is 144 Å². The summed E-state index contributed by atoms with van der Waals surface area (Å²) >= 11 is 3.32. The molecule has 20 rings (SSSR count). The zero-order valence-electron chi connectivity index (χ0n) is 126. The van der Waals surface area contributed by atoms with Crippen molar-refractivity contribution < 1.29 is 166 Å². The predicted molar refractivity (Wildman–Crippen MR) is 530 cm³/mol. The van der Waals surface area contributed by atoms with Gasteiger partial charge in [0.25, 0.3) is 0 Å². The van der Waals surface area contributed by atoms with Crippen molar-refractivity contribution in [2.75, 3.05) is 96.9 Å². The van der Waals surface area contributed by atoms with Gasteiger partial charge in [-0.3, -0.25) is 0 Å². The first-order valence-corrected chi connectivity index (χ1v) is 47.0. The van der Waals surface area contributed by atoms with E-state index in [1.165, 1.54) is 83.1 Å². The van der Waals surface area contributed by atoms with E-state index in [0.717, 1.165) is 59.6 Å². The smallest absolute Gasteiger partial charge is 0.191 e. The van der Waals surface area contributed by atoms with Crippen LogP contribution in [-0.2, 0) is 18.9 Å². The number of hydrogen-bond acceptors (Lipinski definition) is 40. The van der Waals surface area contributed by atoms with Gasteiger partial charge in [-0.05, 0) is 148 Å². The van der Waals surface area contributed by atoms with Crippen molar-refractivity contribution >= 4 is 115 Å². The summed E-state index contributed by atoms with van der Waals surface area (Å²) in [7, 11) is 0. The highest BCUT2D eigenvalue weighted by Gasteiger charge is 2.51. The molecule has 24 atom stereocenters. The predicted octanol–water partition coefficient (Wildman–Crippen LogP) is 8.73. The second-order valence-corrected chi connectivity index (χ2v) is 34.9. The van der Waals surface area contributed by atoms with Gasteiger partial charge in [-0.15, -0.1) is 20.4 Å². The quantitative estimate of drug-likeness (QED) is 0.00969. The number of anilines is 4. The van der Waals surface area contributed by atoms with Crippen molar-refractivity contribution in [3.63, 3.8) is 0 Å². The Morgan fingerprint density at radius 1 is 0.354 bits per heavy atom. The number of nitrogens with one attached hydrogen (secondary N) is 4. The number of aromatic nitrogens is 20. The van der Waals surface area contributed by atoms with E-state index in [1.807, 2.05) is 13.8 Å². The number of halogens is 4. The molecule has 0 amide bonds. The Bertz CT molecular complexity index is 9280. The van der Waals surface area contributed by atoms with Crippen molar-refractivity contribution in [2.24, 2.45) is 0 Å². The molecule has 0 unspecified atom stereocenters. The van der Waals surface area contributed by atoms with Crippen molar-refractivity contribution in [3.05, 3.63) is 141 Å². The highest BCUT2D eigenvalue weighted by Crippen LogP contribution is 2.50. The Balaban J connectivity index is 0.000000168. The maximum atomic E-state index is 14.5. The number of benzene rings is 4. The lowest BCUT2D eigenvalue weighted by Gasteiger charge is -2.17. The molecule has 8 aromatic heterocycles. The Hall–Kier alpha value is -9.52. The fraction of sp³-hybridized carbons (Fsp3) is 0.583. The minimum atomic E-state index is -4.35. The number of aliphatic hydroxyl groups is 12. The van der Waals surface area contributed by atoms with Gasteiger partial charge >= 0.3 is 0 Å². The molecular weight excluding hydrogens is 1950 g/mol. The molecule has 16 N–H and O–H groups in total. The van der Waals surface area contributed by atoms with Gasteiger partial charge in [0.15, 0.2) is 88.6 Å². The SMILES string of the molecule is [2H]C([2H])(CC)Sc1nc(N[C@]2([2H])C([2H])([2H])[C@@]2([2H])c2ccc(C)c(F)c2)c2nnn([C@]3([2H])C([2H])([2H])[C@]([2H])(OCCO)[C@@]([2H])(O)[C@@]3([2H])O)c2n1.[2H]C([2H])(CO)O[C@@]1([2H])C([2H])([2H])[C@@]([2H])(n2nnc3c(N[C@]4([2H])C([2H])([2H])[C@@]4([2H])c4ccc(C)c(F)c4)nc(SCCC)nc32)[C@]([2H])(O)[C@]1([2H])O.[2H]C([2H])(O)C([2H])([2H])O[C@@]1([2H])C([2H])([2H])[C@@]([2H])(n2nnc3c(N[C@]4([2H])C([2H])([2H])[C@@]4([2H])c4ccc(C)c(F)c4)nc(SCCC)nc32)[C@]([2H])(O)[C@]1([2H])O.[2H]C([2H])(O)CO[C@@]1([2H])C([2H])([2H])[C@@]([2H])(n2nnc3c(N[C@]4([2H])C([2H])([2H])[C@@]4([2H])c4ccc(C)c(F)c4)nc(SCCC)nc32)[C@]([2H])(O)[C@]1([2H])O. The molecule has 144 heavy (non-hydrogen) atoms. The molecule has 0 aliphatic heterocycles. The minimum absolute atomic E-state index is 0.0714. The first-order valence-electron chi connectivity index (χ1n) is 68.3. The molecule has 0 spiro atoms. The van der Waals surface area contributed by atoms with Crippen molar-refractivity contribution in [2.45, 2.75) is 297 Å². The van der Waals surface area contributed by atoms with Crippen LogP contribution in [0, 0.1) is 51.0 Å². The minimum Gasteiger partial charge on any atom is -0.394 e. The molecule has 4 aromatic carbocycles. The second kappa shape index (κ2) is 47.3. The monoisotopic (exact) mass is 2120 g/mol. The number of ether oxygens (including phenoxy) is 4. The highest BCUT2D eigenvalue weighted by atomic mass is 32.2. The summed E-state index contributed by atoms with van der Waals surface area (Å²) in [4.78, 5) is 33.6. The van der Waals surface area contributed by atoms with Gasteiger partial charge in [0.2, 0.25) is 0 Å². The third-order valence-electron chi connectivity index (χ3n) is 20.8. The first-order chi connectivity index (χ1) is 87.8. The van der Waals surface area contributed by atoms with Gasteiger partial charge in [-0.25, -0.2) is 76.2 Å². The van der Waals surface area contributed by atoms with Crippen LogP contribution in [0.5, 0.6) is 0 Å². The molecule has 8 aliphatic rings. The van der Waals surface area contributed by atoms with Crippen LogP contribution in [0.15, 0.2) is 93.4 Å². The molecule has 0 bridgehead atoms. The zero-order valence-corrected chi connectivity index (χ0v) is 79.6. The fourth-order valence-corrected chi connectivity index (χ4v) is 16.0. The summed E-state index contributed by atoms with van der Waals surface area (Å²) in [6, 6.07) is -11.4. The molecule has 8 saturated carbocycles. The summed E-state index contributed by atoms with van der Waals surface area (Å²) in [5, 5.41) is 165. The lowest BCUT2D eigenvalue weighted by atomic mass is 10.1. The Morgan fingerprint density at radius 2 is 0.632 bits per heavy atom. The number of hydrogen-bond donors (Lipinski definition) is 16. The third-order valence-corrected chi connectivity index (χ3v) is 24.7. The Kier molecular flexibility index (Phi) is 19.6. The van der Waals surface area contributed by atoms with Crippen LogP contribution in [0.1, 0.15) is 265 Å². The highest BCUT2D eigenvalue weighted by molar-refractivity contribution is 7.99. The number of rotatable bonds is 40.